The van der Waals surface area contributed by atoms with Gasteiger partial charge in [-0.1, -0.05) is 19.4 Å². The molecule has 0 bridgehead atoms. The second-order valence-electron chi connectivity index (χ2n) is 8.32. The topological polar surface area (TPSA) is 92.5 Å². The molecule has 178 valence electrons. The minimum absolute atomic E-state index is 0.00481. The van der Waals surface area contributed by atoms with Crippen LogP contribution in [0.15, 0.2) is 46.1 Å². The van der Waals surface area contributed by atoms with Gasteiger partial charge in [0.2, 0.25) is 5.78 Å². The Morgan fingerprint density at radius 3 is 2.58 bits per heavy atom. The van der Waals surface area contributed by atoms with Crippen molar-refractivity contribution in [3.63, 3.8) is 0 Å². The summed E-state index contributed by atoms with van der Waals surface area (Å²) in [6.07, 6.45) is 1.92. The lowest BCUT2D eigenvalue weighted by Gasteiger charge is -2.28. The highest BCUT2D eigenvalue weighted by Gasteiger charge is 2.44. The summed E-state index contributed by atoms with van der Waals surface area (Å²) < 4.78 is 16.9. The predicted octanol–water partition coefficient (Wildman–Crippen LogP) is 3.92. The van der Waals surface area contributed by atoms with Crippen molar-refractivity contribution in [2.75, 3.05) is 40.9 Å². The summed E-state index contributed by atoms with van der Waals surface area (Å²) in [7, 11) is 5.33. The zero-order chi connectivity index (χ0) is 24.1. The number of aliphatic hydroxyl groups is 1. The Hall–Kier alpha value is -3.26. The third-order valence-corrected chi connectivity index (χ3v) is 5.56. The van der Waals surface area contributed by atoms with Crippen LogP contribution in [0.1, 0.15) is 47.7 Å². The molecule has 33 heavy (non-hydrogen) atoms. The van der Waals surface area contributed by atoms with E-state index in [2.05, 4.69) is 6.92 Å². The van der Waals surface area contributed by atoms with E-state index in [0.717, 1.165) is 12.8 Å². The highest BCUT2D eigenvalue weighted by atomic mass is 16.5. The van der Waals surface area contributed by atoms with E-state index >= 15 is 0 Å². The molecule has 2 heterocycles. The Bertz CT molecular complexity index is 1040. The fraction of sp³-hybridized carbons (Fsp3) is 0.440. The summed E-state index contributed by atoms with van der Waals surface area (Å²) in [5.74, 6) is 0.0633. The number of ether oxygens (including phenoxy) is 2. The maximum absolute atomic E-state index is 13.3. The Kier molecular flexibility index (Phi) is 7.81. The number of unbranched alkanes of at least 4 members (excludes halogenated alkanes) is 1. The standard InChI is InChI=1S/C25H32N2O6/c1-6-7-14-32-18-11-9-17(15-20(18)31-5)22-21(23(28)19-10-8-16(2)33-19)24(29)25(30)27(22)13-12-26(3)4/h8-11,15,22,29H,6-7,12-14H2,1-5H3. The van der Waals surface area contributed by atoms with Crippen LogP contribution in [0.5, 0.6) is 11.5 Å². The van der Waals surface area contributed by atoms with E-state index in [0.29, 0.717) is 42.5 Å². The summed E-state index contributed by atoms with van der Waals surface area (Å²) >= 11 is 0. The molecule has 0 radical (unpaired) electrons. The molecule has 1 amide bonds. The van der Waals surface area contributed by atoms with E-state index in [1.54, 1.807) is 44.4 Å². The van der Waals surface area contributed by atoms with Gasteiger partial charge in [0.15, 0.2) is 23.0 Å². The van der Waals surface area contributed by atoms with Crippen LogP contribution in [0, 0.1) is 6.92 Å². The Morgan fingerprint density at radius 2 is 1.97 bits per heavy atom. The summed E-state index contributed by atoms with van der Waals surface area (Å²) in [4.78, 5) is 29.8. The van der Waals surface area contributed by atoms with E-state index in [1.165, 1.54) is 4.90 Å². The highest BCUT2D eigenvalue weighted by Crippen LogP contribution is 2.41. The van der Waals surface area contributed by atoms with Crippen molar-refractivity contribution < 1.29 is 28.6 Å². The molecule has 1 aliphatic rings. The van der Waals surface area contributed by atoms with E-state index in [4.69, 9.17) is 13.9 Å². The van der Waals surface area contributed by atoms with Gasteiger partial charge in [-0.2, -0.15) is 0 Å². The van der Waals surface area contributed by atoms with Gasteiger partial charge in [0, 0.05) is 13.1 Å². The van der Waals surface area contributed by atoms with Crippen molar-refractivity contribution >= 4 is 11.7 Å². The van der Waals surface area contributed by atoms with E-state index in [1.807, 2.05) is 19.0 Å². The number of aryl methyl sites for hydroxylation is 1. The number of furan rings is 1. The number of ketones is 1. The second kappa shape index (κ2) is 10.6. The smallest absolute Gasteiger partial charge is 0.290 e. The number of aliphatic hydroxyl groups excluding tert-OH is 1. The number of hydrogen-bond donors (Lipinski definition) is 1. The maximum Gasteiger partial charge on any atom is 0.290 e. The summed E-state index contributed by atoms with van der Waals surface area (Å²) in [6, 6.07) is 7.76. The van der Waals surface area contributed by atoms with Gasteiger partial charge in [-0.25, -0.2) is 0 Å². The van der Waals surface area contributed by atoms with Gasteiger partial charge >= 0.3 is 0 Å². The van der Waals surface area contributed by atoms with Crippen LogP contribution >= 0.6 is 0 Å². The third-order valence-electron chi connectivity index (χ3n) is 5.56. The number of nitrogens with zero attached hydrogens (tertiary/aromatic N) is 2. The highest BCUT2D eigenvalue weighted by molar-refractivity contribution is 6.15. The molecule has 2 aromatic rings. The Balaban J connectivity index is 2.04. The van der Waals surface area contributed by atoms with Gasteiger partial charge in [0.05, 0.1) is 25.3 Å². The van der Waals surface area contributed by atoms with Crippen LogP contribution in [-0.2, 0) is 4.79 Å². The quantitative estimate of drug-likeness (QED) is 0.405. The van der Waals surface area contributed by atoms with Gasteiger partial charge in [0.1, 0.15) is 5.76 Å². The molecular weight excluding hydrogens is 424 g/mol. The average molecular weight is 457 g/mol. The van der Waals surface area contributed by atoms with Crippen LogP contribution < -0.4 is 9.47 Å². The van der Waals surface area contributed by atoms with E-state index in [-0.39, 0.29) is 11.3 Å². The molecule has 0 saturated carbocycles. The SMILES string of the molecule is CCCCOc1ccc(C2C(C(=O)c3ccc(C)o3)=C(O)C(=O)N2CCN(C)C)cc1OC. The number of likely N-dealkylation sites (N-methyl/N-ethyl adjacent to an activating group) is 1. The lowest BCUT2D eigenvalue weighted by atomic mass is 9.94. The number of benzene rings is 1. The van der Waals surface area contributed by atoms with Gasteiger partial charge in [0.25, 0.3) is 5.91 Å². The molecule has 0 saturated heterocycles. The molecule has 1 N–H and O–H groups in total. The number of hydrogen-bond acceptors (Lipinski definition) is 7. The number of rotatable bonds is 11. The van der Waals surface area contributed by atoms with Crippen LogP contribution in [-0.4, -0.2) is 67.5 Å². The van der Waals surface area contributed by atoms with Gasteiger partial charge in [-0.3, -0.25) is 9.59 Å². The zero-order valence-electron chi connectivity index (χ0n) is 19.9. The first-order valence-corrected chi connectivity index (χ1v) is 11.1. The molecule has 1 aromatic heterocycles. The number of carbonyl (C=O) groups is 2. The summed E-state index contributed by atoms with van der Waals surface area (Å²) in [5.41, 5.74) is 0.632. The Labute approximate surface area is 194 Å². The van der Waals surface area contributed by atoms with Crippen LogP contribution in [0.25, 0.3) is 0 Å². The summed E-state index contributed by atoms with van der Waals surface area (Å²) in [5, 5.41) is 10.7. The number of methoxy groups -OCH3 is 1. The first-order chi connectivity index (χ1) is 15.8. The molecule has 1 atom stereocenters. The first-order valence-electron chi connectivity index (χ1n) is 11.1. The minimum Gasteiger partial charge on any atom is -0.503 e. The maximum atomic E-state index is 13.3. The van der Waals surface area contributed by atoms with Crippen LogP contribution in [0.2, 0.25) is 0 Å². The molecule has 1 aromatic carbocycles. The van der Waals surface area contributed by atoms with Crippen molar-refractivity contribution in [1.82, 2.24) is 9.80 Å². The molecule has 1 unspecified atom stereocenters. The lowest BCUT2D eigenvalue weighted by Crippen LogP contribution is -2.36. The van der Waals surface area contributed by atoms with Crippen molar-refractivity contribution in [3.8, 4) is 11.5 Å². The van der Waals surface area contributed by atoms with Crippen LogP contribution in [0.3, 0.4) is 0 Å². The first kappa shape index (κ1) is 24.4. The Morgan fingerprint density at radius 1 is 1.21 bits per heavy atom. The van der Waals surface area contributed by atoms with Crippen molar-refractivity contribution in [2.24, 2.45) is 0 Å². The number of Topliss-reactive ketones (excluding diaryl/α,β-unsaturated/α-hetero) is 1. The molecule has 3 rings (SSSR count). The fourth-order valence-electron chi connectivity index (χ4n) is 3.76. The van der Waals surface area contributed by atoms with Gasteiger partial charge < -0.3 is 28.8 Å². The average Bonchev–Trinajstić information content (AvgIpc) is 3.33. The molecule has 8 nitrogen and oxygen atoms in total. The van der Waals surface area contributed by atoms with Crippen molar-refractivity contribution in [3.05, 3.63) is 58.7 Å². The predicted molar refractivity (Wildman–Crippen MR) is 124 cm³/mol. The third kappa shape index (κ3) is 5.22. The zero-order valence-corrected chi connectivity index (χ0v) is 19.9. The molecule has 0 fully saturated rings. The van der Waals surface area contributed by atoms with E-state index < -0.39 is 23.5 Å². The monoisotopic (exact) mass is 456 g/mol. The normalized spacial score (nSPS) is 16.1. The lowest BCUT2D eigenvalue weighted by molar-refractivity contribution is -0.129. The number of amides is 1. The minimum atomic E-state index is -0.783. The van der Waals surface area contributed by atoms with Crippen molar-refractivity contribution in [2.45, 2.75) is 32.7 Å². The number of carbonyl (C=O) groups excluding carboxylic acids is 2. The van der Waals surface area contributed by atoms with E-state index in [9.17, 15) is 14.7 Å². The van der Waals surface area contributed by atoms with Gasteiger partial charge in [-0.15, -0.1) is 0 Å². The van der Waals surface area contributed by atoms with Crippen LogP contribution in [0.4, 0.5) is 0 Å². The molecular formula is C25H32N2O6. The largest absolute Gasteiger partial charge is 0.503 e. The fourth-order valence-corrected chi connectivity index (χ4v) is 3.76. The second-order valence-corrected chi connectivity index (χ2v) is 8.32. The van der Waals surface area contributed by atoms with Gasteiger partial charge in [-0.05, 0) is 57.3 Å². The van der Waals surface area contributed by atoms with Crippen molar-refractivity contribution in [1.29, 1.82) is 0 Å². The molecule has 1 aliphatic heterocycles. The molecule has 0 aliphatic carbocycles. The molecule has 0 spiro atoms. The molecule has 8 heteroatoms. The summed E-state index contributed by atoms with van der Waals surface area (Å²) in [6.45, 7) is 5.26.